The summed E-state index contributed by atoms with van der Waals surface area (Å²) in [4.78, 5) is 22.2. The van der Waals surface area contributed by atoms with Crippen molar-refractivity contribution >= 4 is 12.1 Å². The number of hydrogen-bond acceptors (Lipinski definition) is 3. The van der Waals surface area contributed by atoms with Gasteiger partial charge in [0.2, 0.25) is 0 Å². The summed E-state index contributed by atoms with van der Waals surface area (Å²) in [5, 5.41) is 10.8. The van der Waals surface area contributed by atoms with E-state index in [0.717, 1.165) is 0 Å². The van der Waals surface area contributed by atoms with Gasteiger partial charge >= 0.3 is 18.2 Å². The lowest BCUT2D eigenvalue weighted by atomic mass is 9.69. The van der Waals surface area contributed by atoms with Crippen LogP contribution in [0.5, 0.6) is 0 Å². The molecular weight excluding hydrogens is 267 g/mol. The van der Waals surface area contributed by atoms with Gasteiger partial charge in [-0.25, -0.2) is 4.79 Å². The van der Waals surface area contributed by atoms with E-state index in [1.807, 2.05) is 5.32 Å². The number of carbonyl (C=O) groups excluding carboxylic acids is 1. The molecule has 0 radical (unpaired) electrons. The maximum Gasteiger partial charge on any atom is 0.407 e. The monoisotopic (exact) mass is 283 g/mol. The van der Waals surface area contributed by atoms with Crippen molar-refractivity contribution in [1.82, 2.24) is 5.32 Å². The molecule has 110 valence electrons. The highest BCUT2D eigenvalue weighted by molar-refractivity contribution is 5.75. The second kappa shape index (κ2) is 4.90. The van der Waals surface area contributed by atoms with Crippen molar-refractivity contribution in [2.75, 3.05) is 0 Å². The van der Waals surface area contributed by atoms with Crippen LogP contribution < -0.4 is 5.32 Å². The van der Waals surface area contributed by atoms with E-state index in [1.165, 1.54) is 0 Å². The largest absolute Gasteiger partial charge is 0.481 e. The van der Waals surface area contributed by atoms with E-state index < -0.39 is 48.1 Å². The Morgan fingerprint density at radius 3 is 2.16 bits per heavy atom. The number of amides is 1. The summed E-state index contributed by atoms with van der Waals surface area (Å²) in [7, 11) is 0. The molecule has 1 fully saturated rings. The number of aliphatic carboxylic acids is 1. The van der Waals surface area contributed by atoms with E-state index in [4.69, 9.17) is 9.84 Å². The summed E-state index contributed by atoms with van der Waals surface area (Å²) in [5.41, 5.74) is -0.861. The molecule has 1 aliphatic rings. The zero-order valence-corrected chi connectivity index (χ0v) is 10.7. The third-order valence-electron chi connectivity index (χ3n) is 2.80. The van der Waals surface area contributed by atoms with Crippen molar-refractivity contribution in [2.24, 2.45) is 11.8 Å². The smallest absolute Gasteiger partial charge is 0.407 e. The number of carbonyl (C=O) groups is 2. The second-order valence-electron chi connectivity index (χ2n) is 5.50. The molecule has 1 aliphatic carbocycles. The summed E-state index contributed by atoms with van der Waals surface area (Å²) in [6.45, 7) is 4.68. The van der Waals surface area contributed by atoms with Gasteiger partial charge in [0.15, 0.2) is 0 Å². The van der Waals surface area contributed by atoms with Crippen LogP contribution in [0.1, 0.15) is 27.2 Å². The fraction of sp³-hybridized carbons (Fsp3) is 0.818. The van der Waals surface area contributed by atoms with Crippen LogP contribution in [0.25, 0.3) is 0 Å². The SMILES string of the molecule is CC(C)(C)OC(=O)N[C@@H]1[C@@H](C(=O)O)C[C@H]1C(F)(F)F. The van der Waals surface area contributed by atoms with Gasteiger partial charge in [-0.3, -0.25) is 4.79 Å². The Balaban J connectivity index is 2.70. The normalized spacial score (nSPS) is 27.4. The van der Waals surface area contributed by atoms with Crippen LogP contribution >= 0.6 is 0 Å². The second-order valence-corrected chi connectivity index (χ2v) is 5.50. The number of hydrogen-bond donors (Lipinski definition) is 2. The lowest BCUT2D eigenvalue weighted by Crippen LogP contribution is -2.61. The summed E-state index contributed by atoms with van der Waals surface area (Å²) in [6, 6.07) is -1.48. The Bertz CT molecular complexity index is 375. The minimum Gasteiger partial charge on any atom is -0.481 e. The molecule has 0 aliphatic heterocycles. The fourth-order valence-corrected chi connectivity index (χ4v) is 1.89. The summed E-state index contributed by atoms with van der Waals surface area (Å²) < 4.78 is 42.6. The third kappa shape index (κ3) is 4.00. The van der Waals surface area contributed by atoms with Crippen LogP contribution in [-0.4, -0.2) is 35.0 Å². The van der Waals surface area contributed by atoms with Crippen LogP contribution in [-0.2, 0) is 9.53 Å². The Morgan fingerprint density at radius 2 is 1.79 bits per heavy atom. The molecule has 5 nitrogen and oxygen atoms in total. The van der Waals surface area contributed by atoms with E-state index >= 15 is 0 Å². The predicted octanol–water partition coefficient (Wildman–Crippen LogP) is 2.16. The van der Waals surface area contributed by atoms with Crippen molar-refractivity contribution in [3.8, 4) is 0 Å². The highest BCUT2D eigenvalue weighted by Gasteiger charge is 2.58. The van der Waals surface area contributed by atoms with Crippen molar-refractivity contribution in [1.29, 1.82) is 0 Å². The quantitative estimate of drug-likeness (QED) is 0.814. The summed E-state index contributed by atoms with van der Waals surface area (Å²) >= 11 is 0. The molecule has 1 amide bonds. The highest BCUT2D eigenvalue weighted by atomic mass is 19.4. The standard InChI is InChI=1S/C11H16F3NO4/c1-10(2,3)19-9(18)15-7-5(8(16)17)4-6(7)11(12,13)14/h5-7H,4H2,1-3H3,(H,15,18)(H,16,17)/t5-,6+,7+/m0/s1. The number of carboxylic acids is 1. The minimum atomic E-state index is -4.54. The molecular formula is C11H16F3NO4. The number of carboxylic acid groups (broad SMARTS) is 1. The molecule has 0 saturated heterocycles. The molecule has 8 heteroatoms. The first kappa shape index (κ1) is 15.6. The molecule has 0 aromatic heterocycles. The molecule has 19 heavy (non-hydrogen) atoms. The highest BCUT2D eigenvalue weighted by Crippen LogP contribution is 2.45. The van der Waals surface area contributed by atoms with E-state index in [1.54, 1.807) is 20.8 Å². The molecule has 3 atom stereocenters. The van der Waals surface area contributed by atoms with Gasteiger partial charge in [0.1, 0.15) is 5.60 Å². The zero-order valence-electron chi connectivity index (χ0n) is 10.7. The Hall–Kier alpha value is -1.47. The van der Waals surface area contributed by atoms with Crippen LogP contribution in [0.15, 0.2) is 0 Å². The van der Waals surface area contributed by atoms with E-state index in [0.29, 0.717) is 0 Å². The van der Waals surface area contributed by atoms with E-state index in [-0.39, 0.29) is 0 Å². The van der Waals surface area contributed by atoms with Crippen molar-refractivity contribution in [3.05, 3.63) is 0 Å². The van der Waals surface area contributed by atoms with Crippen molar-refractivity contribution in [2.45, 2.75) is 45.0 Å². The number of ether oxygens (including phenoxy) is 1. The predicted molar refractivity (Wildman–Crippen MR) is 58.4 cm³/mol. The first-order chi connectivity index (χ1) is 8.42. The van der Waals surface area contributed by atoms with E-state index in [9.17, 15) is 22.8 Å². The molecule has 0 spiro atoms. The van der Waals surface area contributed by atoms with Crippen LogP contribution in [0, 0.1) is 11.8 Å². The van der Waals surface area contributed by atoms with Gasteiger partial charge in [0.05, 0.1) is 17.9 Å². The first-order valence-electron chi connectivity index (χ1n) is 5.71. The topological polar surface area (TPSA) is 75.6 Å². The molecule has 0 heterocycles. The van der Waals surface area contributed by atoms with Gasteiger partial charge in [-0.1, -0.05) is 0 Å². The van der Waals surface area contributed by atoms with Gasteiger partial charge in [-0.05, 0) is 27.2 Å². The number of rotatable bonds is 2. The molecule has 1 rings (SSSR count). The molecule has 0 aromatic carbocycles. The molecule has 0 unspecified atom stereocenters. The Kier molecular flexibility index (Phi) is 4.02. The zero-order chi connectivity index (χ0) is 15.0. The van der Waals surface area contributed by atoms with Gasteiger partial charge in [0.25, 0.3) is 0 Å². The molecule has 0 aromatic rings. The van der Waals surface area contributed by atoms with Gasteiger partial charge in [0, 0.05) is 0 Å². The summed E-state index contributed by atoms with van der Waals surface area (Å²) in [6.07, 6.45) is -6.11. The molecule has 1 saturated carbocycles. The molecule has 2 N–H and O–H groups in total. The lowest BCUT2D eigenvalue weighted by Gasteiger charge is -2.43. The first-order valence-corrected chi connectivity index (χ1v) is 5.71. The lowest BCUT2D eigenvalue weighted by molar-refractivity contribution is -0.217. The number of alkyl halides is 3. The number of nitrogens with one attached hydrogen (secondary N) is 1. The molecule has 0 bridgehead atoms. The van der Waals surface area contributed by atoms with Crippen molar-refractivity contribution < 1.29 is 32.6 Å². The maximum absolute atomic E-state index is 12.6. The maximum atomic E-state index is 12.6. The van der Waals surface area contributed by atoms with Gasteiger partial charge < -0.3 is 15.2 Å². The van der Waals surface area contributed by atoms with Gasteiger partial charge in [-0.15, -0.1) is 0 Å². The van der Waals surface area contributed by atoms with Crippen LogP contribution in [0.2, 0.25) is 0 Å². The Labute approximate surface area is 108 Å². The van der Waals surface area contributed by atoms with Crippen LogP contribution in [0.3, 0.4) is 0 Å². The van der Waals surface area contributed by atoms with Gasteiger partial charge in [-0.2, -0.15) is 13.2 Å². The average molecular weight is 283 g/mol. The number of halogens is 3. The Morgan fingerprint density at radius 1 is 1.26 bits per heavy atom. The number of alkyl carbamates (subject to hydrolysis) is 1. The van der Waals surface area contributed by atoms with Crippen molar-refractivity contribution in [3.63, 3.8) is 0 Å². The minimum absolute atomic E-state index is 0.528. The van der Waals surface area contributed by atoms with Crippen LogP contribution in [0.4, 0.5) is 18.0 Å². The van der Waals surface area contributed by atoms with E-state index in [2.05, 4.69) is 0 Å². The third-order valence-corrected chi connectivity index (χ3v) is 2.80. The average Bonchev–Trinajstić information content (AvgIpc) is 2.06. The summed E-state index contributed by atoms with van der Waals surface area (Å²) in [5.74, 6) is -4.44. The fourth-order valence-electron chi connectivity index (χ4n) is 1.89.